The fraction of sp³-hybridized carbons (Fsp3) is 0.273. The van der Waals surface area contributed by atoms with Gasteiger partial charge in [0.05, 0.1) is 13.2 Å². The lowest BCUT2D eigenvalue weighted by atomic mass is 10.1. The van der Waals surface area contributed by atoms with Gasteiger partial charge in [-0.15, -0.1) is 0 Å². The Hall–Kier alpha value is -3.12. The summed E-state index contributed by atoms with van der Waals surface area (Å²) >= 11 is 0. The number of amides is 2. The minimum Gasteiger partial charge on any atom is -0.497 e. The van der Waals surface area contributed by atoms with Crippen molar-refractivity contribution in [2.75, 3.05) is 20.3 Å². The van der Waals surface area contributed by atoms with Crippen LogP contribution >= 0.6 is 0 Å². The smallest absolute Gasteiger partial charge is 0.267 e. The Kier molecular flexibility index (Phi) is 6.81. The van der Waals surface area contributed by atoms with E-state index in [0.29, 0.717) is 17.9 Å². The van der Waals surface area contributed by atoms with Gasteiger partial charge in [0.2, 0.25) is 0 Å². The molecule has 0 aromatic heterocycles. The van der Waals surface area contributed by atoms with E-state index in [0.717, 1.165) is 25.0 Å². The molecule has 28 heavy (non-hydrogen) atoms. The molecule has 1 aliphatic rings. The lowest BCUT2D eigenvalue weighted by Gasteiger charge is -2.14. The second-order valence-corrected chi connectivity index (χ2v) is 6.50. The van der Waals surface area contributed by atoms with Crippen molar-refractivity contribution >= 4 is 17.9 Å². The third-order valence-electron chi connectivity index (χ3n) is 4.47. The molecule has 1 heterocycles. The van der Waals surface area contributed by atoms with Crippen LogP contribution < -0.4 is 15.4 Å². The molecule has 0 unspecified atom stereocenters. The van der Waals surface area contributed by atoms with Gasteiger partial charge in [-0.2, -0.15) is 0 Å². The van der Waals surface area contributed by atoms with Crippen molar-refractivity contribution in [1.29, 1.82) is 0 Å². The summed E-state index contributed by atoms with van der Waals surface area (Å²) in [5.74, 6) is -0.0516. The Morgan fingerprint density at radius 3 is 2.54 bits per heavy atom. The molecule has 1 atom stereocenters. The molecule has 1 saturated heterocycles. The van der Waals surface area contributed by atoms with Crippen LogP contribution in [0.25, 0.3) is 6.08 Å². The number of nitrogens with one attached hydrogen (secondary N) is 2. The van der Waals surface area contributed by atoms with Crippen LogP contribution in [0.1, 0.15) is 28.8 Å². The molecule has 2 aromatic carbocycles. The van der Waals surface area contributed by atoms with E-state index in [1.165, 1.54) is 0 Å². The maximum atomic E-state index is 12.7. The average Bonchev–Trinajstić information content (AvgIpc) is 3.26. The third-order valence-corrected chi connectivity index (χ3v) is 4.47. The van der Waals surface area contributed by atoms with E-state index < -0.39 is 0 Å². The number of ether oxygens (including phenoxy) is 2. The van der Waals surface area contributed by atoms with Gasteiger partial charge < -0.3 is 20.1 Å². The first-order chi connectivity index (χ1) is 13.7. The van der Waals surface area contributed by atoms with Gasteiger partial charge in [0, 0.05) is 18.7 Å². The Morgan fingerprint density at radius 1 is 1.14 bits per heavy atom. The molecule has 1 aliphatic heterocycles. The Balaban J connectivity index is 1.73. The van der Waals surface area contributed by atoms with Crippen LogP contribution in [0.2, 0.25) is 0 Å². The molecular weight excluding hydrogens is 356 g/mol. The van der Waals surface area contributed by atoms with Crippen molar-refractivity contribution in [3.8, 4) is 5.75 Å². The topological polar surface area (TPSA) is 76.7 Å². The predicted octanol–water partition coefficient (Wildman–Crippen LogP) is 2.76. The first-order valence-corrected chi connectivity index (χ1v) is 9.27. The maximum Gasteiger partial charge on any atom is 0.267 e. The molecule has 2 aromatic rings. The Morgan fingerprint density at radius 2 is 1.89 bits per heavy atom. The summed E-state index contributed by atoms with van der Waals surface area (Å²) in [5.41, 5.74) is 1.44. The second-order valence-electron chi connectivity index (χ2n) is 6.50. The monoisotopic (exact) mass is 380 g/mol. The number of carbonyl (C=O) groups is 2. The predicted molar refractivity (Wildman–Crippen MR) is 107 cm³/mol. The Labute approximate surface area is 164 Å². The lowest BCUT2D eigenvalue weighted by molar-refractivity contribution is -0.118. The van der Waals surface area contributed by atoms with Gasteiger partial charge in [-0.25, -0.2) is 0 Å². The van der Waals surface area contributed by atoms with Crippen molar-refractivity contribution in [2.24, 2.45) is 0 Å². The molecule has 3 rings (SSSR count). The largest absolute Gasteiger partial charge is 0.497 e. The minimum atomic E-state index is -0.364. The number of hydrogen-bond acceptors (Lipinski definition) is 4. The summed E-state index contributed by atoms with van der Waals surface area (Å²) in [7, 11) is 1.56. The molecule has 0 aliphatic carbocycles. The van der Waals surface area contributed by atoms with Gasteiger partial charge in [-0.3, -0.25) is 9.59 Å². The first kappa shape index (κ1) is 19.6. The summed E-state index contributed by atoms with van der Waals surface area (Å²) in [6, 6.07) is 16.1. The molecule has 0 spiro atoms. The summed E-state index contributed by atoms with van der Waals surface area (Å²) in [6.07, 6.45) is 3.61. The van der Waals surface area contributed by atoms with Crippen LogP contribution in [-0.4, -0.2) is 38.2 Å². The number of methoxy groups -OCH3 is 1. The minimum absolute atomic E-state index is 0.0271. The third kappa shape index (κ3) is 5.44. The van der Waals surface area contributed by atoms with Crippen LogP contribution in [0.4, 0.5) is 0 Å². The molecule has 1 fully saturated rings. The number of benzene rings is 2. The molecule has 0 bridgehead atoms. The fourth-order valence-corrected chi connectivity index (χ4v) is 2.92. The maximum absolute atomic E-state index is 12.7. The van der Waals surface area contributed by atoms with Crippen LogP contribution in [-0.2, 0) is 9.53 Å². The lowest BCUT2D eigenvalue weighted by Crippen LogP contribution is -2.38. The molecule has 146 valence electrons. The van der Waals surface area contributed by atoms with Gasteiger partial charge in [-0.1, -0.05) is 30.3 Å². The molecule has 0 radical (unpaired) electrons. The highest BCUT2D eigenvalue weighted by molar-refractivity contribution is 6.05. The van der Waals surface area contributed by atoms with E-state index in [2.05, 4.69) is 10.6 Å². The van der Waals surface area contributed by atoms with Crippen molar-refractivity contribution in [3.63, 3.8) is 0 Å². The van der Waals surface area contributed by atoms with Gasteiger partial charge in [0.15, 0.2) is 0 Å². The second kappa shape index (κ2) is 9.71. The van der Waals surface area contributed by atoms with E-state index in [-0.39, 0.29) is 23.6 Å². The molecule has 2 N–H and O–H groups in total. The number of rotatable bonds is 7. The number of carbonyl (C=O) groups excluding carboxylic acids is 2. The van der Waals surface area contributed by atoms with Gasteiger partial charge >= 0.3 is 0 Å². The van der Waals surface area contributed by atoms with Crippen molar-refractivity contribution in [2.45, 2.75) is 18.9 Å². The molecule has 6 heteroatoms. The molecular formula is C22H24N2O4. The fourth-order valence-electron chi connectivity index (χ4n) is 2.92. The van der Waals surface area contributed by atoms with Gasteiger partial charge in [-0.05, 0) is 48.7 Å². The van der Waals surface area contributed by atoms with E-state index in [4.69, 9.17) is 9.47 Å². The standard InChI is InChI=1S/C22H24N2O4/c1-27-18-11-9-17(10-12-18)21(25)24-20(14-16-6-3-2-4-7-16)22(26)23-15-19-8-5-13-28-19/h2-4,6-7,9-12,14,19H,5,8,13,15H2,1H3,(H,23,26)(H,24,25)/b20-14-/t19-/m0/s1. The van der Waals surface area contributed by atoms with Crippen LogP contribution in [0.15, 0.2) is 60.3 Å². The van der Waals surface area contributed by atoms with Crippen molar-refractivity contribution < 1.29 is 19.1 Å². The zero-order valence-corrected chi connectivity index (χ0v) is 15.8. The number of hydrogen-bond donors (Lipinski definition) is 2. The van der Waals surface area contributed by atoms with E-state index >= 15 is 0 Å². The molecule has 2 amide bonds. The van der Waals surface area contributed by atoms with E-state index in [1.807, 2.05) is 30.3 Å². The van der Waals surface area contributed by atoms with E-state index in [9.17, 15) is 9.59 Å². The SMILES string of the molecule is COc1ccc(C(=O)N/C(=C\c2ccccc2)C(=O)NC[C@@H]2CCCO2)cc1. The highest BCUT2D eigenvalue weighted by atomic mass is 16.5. The van der Waals surface area contributed by atoms with Crippen LogP contribution in [0, 0.1) is 0 Å². The summed E-state index contributed by atoms with van der Waals surface area (Å²) in [6.45, 7) is 1.14. The zero-order chi connectivity index (χ0) is 19.8. The normalized spacial score (nSPS) is 16.5. The highest BCUT2D eigenvalue weighted by Gasteiger charge is 2.19. The van der Waals surface area contributed by atoms with Crippen molar-refractivity contribution in [3.05, 3.63) is 71.4 Å². The van der Waals surface area contributed by atoms with Crippen LogP contribution in [0.5, 0.6) is 5.75 Å². The quantitative estimate of drug-likeness (QED) is 0.724. The summed E-state index contributed by atoms with van der Waals surface area (Å²) < 4.78 is 10.6. The molecule has 0 saturated carbocycles. The summed E-state index contributed by atoms with van der Waals surface area (Å²) in [5, 5.41) is 5.58. The Bertz CT molecular complexity index is 825. The van der Waals surface area contributed by atoms with Gasteiger partial charge in [0.25, 0.3) is 11.8 Å². The van der Waals surface area contributed by atoms with E-state index in [1.54, 1.807) is 37.5 Å². The van der Waals surface area contributed by atoms with Crippen molar-refractivity contribution in [1.82, 2.24) is 10.6 Å². The van der Waals surface area contributed by atoms with Crippen LogP contribution in [0.3, 0.4) is 0 Å². The zero-order valence-electron chi connectivity index (χ0n) is 15.8. The van der Waals surface area contributed by atoms with Gasteiger partial charge in [0.1, 0.15) is 11.4 Å². The summed E-state index contributed by atoms with van der Waals surface area (Å²) in [4.78, 5) is 25.3. The molecule has 6 nitrogen and oxygen atoms in total. The highest BCUT2D eigenvalue weighted by Crippen LogP contribution is 2.13. The first-order valence-electron chi connectivity index (χ1n) is 9.27. The average molecular weight is 380 g/mol.